The molecule has 0 saturated heterocycles. The fraction of sp³-hybridized carbons (Fsp3) is 0.105. The van der Waals surface area contributed by atoms with Crippen LogP contribution in [0.1, 0.15) is 17.0 Å². The van der Waals surface area contributed by atoms with E-state index in [-0.39, 0.29) is 0 Å². The third-order valence-corrected chi connectivity index (χ3v) is 6.36. The SMILES string of the molecule is C1=CC(c2cccc3c2[Se]C[N+](c2ccccc2)=C3)C=C1. The maximum atomic E-state index is 2.38. The van der Waals surface area contributed by atoms with E-state index in [1.54, 1.807) is 4.46 Å². The topological polar surface area (TPSA) is 3.01 Å². The van der Waals surface area contributed by atoms with Gasteiger partial charge in [0.1, 0.15) is 0 Å². The van der Waals surface area contributed by atoms with Crippen molar-refractivity contribution in [3.05, 3.63) is 84.0 Å². The predicted octanol–water partition coefficient (Wildman–Crippen LogP) is 2.96. The molecule has 0 radical (unpaired) electrons. The fourth-order valence-corrected chi connectivity index (χ4v) is 5.26. The molecule has 2 heteroatoms. The summed E-state index contributed by atoms with van der Waals surface area (Å²) in [6, 6.07) is 17.4. The van der Waals surface area contributed by atoms with Crippen LogP contribution >= 0.6 is 0 Å². The van der Waals surface area contributed by atoms with Gasteiger partial charge in [-0.25, -0.2) is 0 Å². The Bertz CT molecular complexity index is 744. The zero-order valence-corrected chi connectivity index (χ0v) is 13.4. The van der Waals surface area contributed by atoms with Crippen LogP contribution < -0.4 is 4.46 Å². The number of rotatable bonds is 2. The van der Waals surface area contributed by atoms with E-state index in [9.17, 15) is 0 Å². The average Bonchev–Trinajstić information content (AvgIpc) is 3.09. The van der Waals surface area contributed by atoms with Crippen molar-refractivity contribution < 1.29 is 4.58 Å². The Morgan fingerprint density at radius 2 is 1.71 bits per heavy atom. The second-order valence-electron chi connectivity index (χ2n) is 5.27. The van der Waals surface area contributed by atoms with Gasteiger partial charge < -0.3 is 0 Å². The normalized spacial score (nSPS) is 16.9. The molecule has 0 spiro atoms. The number of allylic oxidation sites excluding steroid dienone is 4. The van der Waals surface area contributed by atoms with Crippen LogP contribution in [0.4, 0.5) is 5.69 Å². The molecule has 0 bridgehead atoms. The number of benzene rings is 2. The molecular formula is C19H16NSe+. The van der Waals surface area contributed by atoms with Crippen molar-refractivity contribution in [2.24, 2.45) is 0 Å². The van der Waals surface area contributed by atoms with Crippen LogP contribution in [-0.4, -0.2) is 31.2 Å². The van der Waals surface area contributed by atoms with E-state index >= 15 is 0 Å². The molecule has 2 aromatic rings. The Morgan fingerprint density at radius 1 is 0.905 bits per heavy atom. The molecule has 2 aliphatic rings. The van der Waals surface area contributed by atoms with E-state index in [2.05, 4.69) is 83.6 Å². The summed E-state index contributed by atoms with van der Waals surface area (Å²) in [5, 5.41) is 0. The minimum absolute atomic E-state index is 0.471. The molecule has 4 rings (SSSR count). The van der Waals surface area contributed by atoms with E-state index in [0.717, 1.165) is 5.44 Å². The molecule has 1 heterocycles. The van der Waals surface area contributed by atoms with Gasteiger partial charge in [0.25, 0.3) is 0 Å². The van der Waals surface area contributed by atoms with Gasteiger partial charge in [0.15, 0.2) is 0 Å². The first-order valence-electron chi connectivity index (χ1n) is 7.19. The first-order valence-corrected chi connectivity index (χ1v) is 9.26. The van der Waals surface area contributed by atoms with Gasteiger partial charge in [-0.2, -0.15) is 0 Å². The van der Waals surface area contributed by atoms with Crippen molar-refractivity contribution in [1.29, 1.82) is 0 Å². The van der Waals surface area contributed by atoms with Crippen molar-refractivity contribution in [2.45, 2.75) is 5.92 Å². The van der Waals surface area contributed by atoms with E-state index in [1.165, 1.54) is 16.8 Å². The third kappa shape index (κ3) is 2.42. The Labute approximate surface area is 131 Å². The number of hydrogen-bond donors (Lipinski definition) is 0. The van der Waals surface area contributed by atoms with E-state index < -0.39 is 0 Å². The summed E-state index contributed by atoms with van der Waals surface area (Å²) in [4.78, 5) is 0. The summed E-state index contributed by atoms with van der Waals surface area (Å²) in [6.07, 6.45) is 11.2. The van der Waals surface area contributed by atoms with Crippen LogP contribution in [0.25, 0.3) is 0 Å². The third-order valence-electron chi connectivity index (χ3n) is 3.91. The summed E-state index contributed by atoms with van der Waals surface area (Å²) in [5.41, 5.74) is 5.27. The van der Waals surface area contributed by atoms with Gasteiger partial charge in [0, 0.05) is 0 Å². The van der Waals surface area contributed by atoms with Crippen molar-refractivity contribution >= 4 is 31.3 Å². The molecule has 0 atom stereocenters. The quantitative estimate of drug-likeness (QED) is 0.586. The van der Waals surface area contributed by atoms with Crippen molar-refractivity contribution in [2.75, 3.05) is 5.44 Å². The van der Waals surface area contributed by atoms with Gasteiger partial charge in [-0.3, -0.25) is 0 Å². The van der Waals surface area contributed by atoms with Crippen molar-refractivity contribution in [1.82, 2.24) is 0 Å². The molecule has 0 unspecified atom stereocenters. The summed E-state index contributed by atoms with van der Waals surface area (Å²) < 4.78 is 3.95. The minimum atomic E-state index is 0.471. The Kier molecular flexibility index (Phi) is 3.34. The summed E-state index contributed by atoms with van der Waals surface area (Å²) >= 11 is 0.487. The second kappa shape index (κ2) is 5.48. The Hall–Kier alpha value is -1.89. The fourth-order valence-electron chi connectivity index (χ4n) is 2.85. The van der Waals surface area contributed by atoms with Crippen LogP contribution in [0.5, 0.6) is 0 Å². The molecule has 0 amide bonds. The number of para-hydroxylation sites is 1. The molecule has 0 fully saturated rings. The summed E-state index contributed by atoms with van der Waals surface area (Å²) in [7, 11) is 0. The van der Waals surface area contributed by atoms with Gasteiger partial charge in [0.05, 0.1) is 0 Å². The summed E-state index contributed by atoms with van der Waals surface area (Å²) in [5.74, 6) is 0.471. The summed E-state index contributed by atoms with van der Waals surface area (Å²) in [6.45, 7) is 0. The van der Waals surface area contributed by atoms with Gasteiger partial charge in [0.2, 0.25) is 0 Å². The number of nitrogens with zero attached hydrogens (tertiary/aromatic N) is 1. The van der Waals surface area contributed by atoms with Crippen LogP contribution in [0, 0.1) is 0 Å². The van der Waals surface area contributed by atoms with E-state index in [0.29, 0.717) is 20.9 Å². The molecule has 0 N–H and O–H groups in total. The number of hydrogen-bond acceptors (Lipinski definition) is 0. The molecule has 0 aromatic heterocycles. The van der Waals surface area contributed by atoms with Crippen LogP contribution in [0.3, 0.4) is 0 Å². The van der Waals surface area contributed by atoms with E-state index in [4.69, 9.17) is 0 Å². The monoisotopic (exact) mass is 338 g/mol. The molecule has 2 aromatic carbocycles. The van der Waals surface area contributed by atoms with Gasteiger partial charge >= 0.3 is 131 Å². The van der Waals surface area contributed by atoms with Crippen molar-refractivity contribution in [3.8, 4) is 0 Å². The Morgan fingerprint density at radius 3 is 2.52 bits per heavy atom. The molecule has 1 aliphatic heterocycles. The van der Waals surface area contributed by atoms with Crippen molar-refractivity contribution in [3.63, 3.8) is 0 Å². The van der Waals surface area contributed by atoms with Crippen LogP contribution in [0.15, 0.2) is 72.8 Å². The van der Waals surface area contributed by atoms with Gasteiger partial charge in [-0.1, -0.05) is 0 Å². The average molecular weight is 337 g/mol. The van der Waals surface area contributed by atoms with Crippen LogP contribution in [-0.2, 0) is 0 Å². The number of fused-ring (bicyclic) bond motifs is 1. The molecule has 1 nitrogen and oxygen atoms in total. The predicted molar refractivity (Wildman–Crippen MR) is 89.2 cm³/mol. The first kappa shape index (κ1) is 12.8. The zero-order chi connectivity index (χ0) is 14.1. The molecule has 0 saturated carbocycles. The Balaban J connectivity index is 1.77. The van der Waals surface area contributed by atoms with E-state index in [1.807, 2.05) is 0 Å². The maximum absolute atomic E-state index is 2.38. The second-order valence-corrected chi connectivity index (χ2v) is 7.27. The molecular weight excluding hydrogens is 321 g/mol. The molecule has 1 aliphatic carbocycles. The molecule has 102 valence electrons. The molecule has 21 heavy (non-hydrogen) atoms. The first-order chi connectivity index (χ1) is 10.4. The standard InChI is InChI=1S/C19H16NSe/c1-2-10-17(11-3-1)20-13-16-9-6-12-18(19(16)21-14-20)15-7-4-5-8-15/h1-13,15H,14H2/q+1. The van der Waals surface area contributed by atoms with Gasteiger partial charge in [-0.15, -0.1) is 0 Å². The van der Waals surface area contributed by atoms with Gasteiger partial charge in [-0.05, 0) is 0 Å². The van der Waals surface area contributed by atoms with Crippen LogP contribution in [0.2, 0.25) is 0 Å². The zero-order valence-electron chi connectivity index (χ0n) is 11.6.